The Balaban J connectivity index is 2.11. The lowest BCUT2D eigenvalue weighted by atomic mass is 9.63. The van der Waals surface area contributed by atoms with Crippen molar-refractivity contribution >= 4 is 5.78 Å². The molecule has 2 aliphatic rings. The molecule has 130 valence electrons. The Labute approximate surface area is 145 Å². The fourth-order valence-corrected chi connectivity index (χ4v) is 4.56. The molecule has 0 aliphatic heterocycles. The third kappa shape index (κ3) is 2.97. The lowest BCUT2D eigenvalue weighted by Crippen LogP contribution is -2.32. The summed E-state index contributed by atoms with van der Waals surface area (Å²) in [6, 6.07) is 5.81. The second kappa shape index (κ2) is 6.62. The molecule has 0 amide bonds. The third-order valence-electron chi connectivity index (χ3n) is 5.77. The molecule has 3 heteroatoms. The molecule has 0 spiro atoms. The van der Waals surface area contributed by atoms with Crippen LogP contribution in [0.3, 0.4) is 0 Å². The summed E-state index contributed by atoms with van der Waals surface area (Å²) in [6.45, 7) is 4.64. The Kier molecular flexibility index (Phi) is 4.71. The minimum Gasteiger partial charge on any atom is -0.497 e. The maximum Gasteiger partial charge on any atom is 0.141 e. The third-order valence-corrected chi connectivity index (χ3v) is 5.77. The number of carbonyl (C=O) groups excluding carboxylic acids is 1. The minimum absolute atomic E-state index is 0.122. The molecule has 0 bridgehead atoms. The first-order valence-corrected chi connectivity index (χ1v) is 8.93. The molecule has 2 atom stereocenters. The molecule has 1 saturated carbocycles. The molecular weight excluding hydrogens is 300 g/mol. The molecular formula is C21H28O3. The second-order valence-corrected chi connectivity index (χ2v) is 7.63. The molecule has 0 saturated heterocycles. The van der Waals surface area contributed by atoms with Crippen LogP contribution in [0.2, 0.25) is 0 Å². The number of hydrogen-bond acceptors (Lipinski definition) is 3. The molecule has 0 radical (unpaired) electrons. The van der Waals surface area contributed by atoms with Gasteiger partial charge in [-0.2, -0.15) is 0 Å². The first kappa shape index (κ1) is 17.1. The lowest BCUT2D eigenvalue weighted by Gasteiger charge is -2.41. The number of carbonyl (C=O) groups is 1. The van der Waals surface area contributed by atoms with Crippen molar-refractivity contribution in [2.75, 3.05) is 14.2 Å². The summed E-state index contributed by atoms with van der Waals surface area (Å²) >= 11 is 0. The van der Waals surface area contributed by atoms with Crippen LogP contribution in [0.1, 0.15) is 57.4 Å². The minimum atomic E-state index is -0.122. The van der Waals surface area contributed by atoms with E-state index in [1.165, 1.54) is 18.4 Å². The summed E-state index contributed by atoms with van der Waals surface area (Å²) < 4.78 is 11.0. The van der Waals surface area contributed by atoms with E-state index in [0.29, 0.717) is 12.2 Å². The summed E-state index contributed by atoms with van der Waals surface area (Å²) in [7, 11) is 3.34. The summed E-state index contributed by atoms with van der Waals surface area (Å²) in [6.07, 6.45) is 7.26. The highest BCUT2D eigenvalue weighted by Crippen LogP contribution is 2.52. The van der Waals surface area contributed by atoms with Crippen molar-refractivity contribution in [3.05, 3.63) is 35.4 Å². The Morgan fingerprint density at radius 1 is 1.17 bits per heavy atom. The SMILES string of the molecule is COc1ccc(OC)c([C@H]2C(=O)CCC=C3[C@@H]2CCCC3(C)C)c1. The second-order valence-electron chi connectivity index (χ2n) is 7.63. The molecule has 0 N–H and O–H groups in total. The number of fused-ring (bicyclic) bond motifs is 1. The van der Waals surface area contributed by atoms with Gasteiger partial charge in [-0.25, -0.2) is 0 Å². The molecule has 0 unspecified atom stereocenters. The molecule has 2 aliphatic carbocycles. The monoisotopic (exact) mass is 328 g/mol. The number of ketones is 1. The van der Waals surface area contributed by atoms with E-state index in [9.17, 15) is 4.79 Å². The Morgan fingerprint density at radius 2 is 1.96 bits per heavy atom. The lowest BCUT2D eigenvalue weighted by molar-refractivity contribution is -0.121. The smallest absolute Gasteiger partial charge is 0.141 e. The Bertz CT molecular complexity index is 657. The van der Waals surface area contributed by atoms with Crippen LogP contribution >= 0.6 is 0 Å². The van der Waals surface area contributed by atoms with Gasteiger partial charge in [0.2, 0.25) is 0 Å². The van der Waals surface area contributed by atoms with Gasteiger partial charge in [-0.15, -0.1) is 0 Å². The van der Waals surface area contributed by atoms with E-state index in [1.54, 1.807) is 14.2 Å². The van der Waals surface area contributed by atoms with Crippen molar-refractivity contribution in [2.45, 2.75) is 51.9 Å². The highest BCUT2D eigenvalue weighted by molar-refractivity contribution is 5.88. The van der Waals surface area contributed by atoms with Gasteiger partial charge in [0.15, 0.2) is 0 Å². The van der Waals surface area contributed by atoms with E-state index >= 15 is 0 Å². The van der Waals surface area contributed by atoms with Crippen molar-refractivity contribution in [1.82, 2.24) is 0 Å². The van der Waals surface area contributed by atoms with Crippen LogP contribution in [0.25, 0.3) is 0 Å². The first-order chi connectivity index (χ1) is 11.5. The van der Waals surface area contributed by atoms with Gasteiger partial charge < -0.3 is 9.47 Å². The summed E-state index contributed by atoms with van der Waals surface area (Å²) in [5, 5.41) is 0. The van der Waals surface area contributed by atoms with Crippen molar-refractivity contribution < 1.29 is 14.3 Å². The molecule has 24 heavy (non-hydrogen) atoms. The number of methoxy groups -OCH3 is 2. The molecule has 3 rings (SSSR count). The Hall–Kier alpha value is -1.77. The van der Waals surface area contributed by atoms with Crippen molar-refractivity contribution in [1.29, 1.82) is 0 Å². The molecule has 1 fully saturated rings. The summed E-state index contributed by atoms with van der Waals surface area (Å²) in [5.74, 6) is 2.06. The van der Waals surface area contributed by atoms with Crippen LogP contribution in [0.15, 0.2) is 29.8 Å². The Morgan fingerprint density at radius 3 is 2.67 bits per heavy atom. The maximum absolute atomic E-state index is 13.0. The van der Waals surface area contributed by atoms with Gasteiger partial charge in [-0.3, -0.25) is 4.79 Å². The van der Waals surface area contributed by atoms with E-state index < -0.39 is 0 Å². The quantitative estimate of drug-likeness (QED) is 0.740. The molecule has 3 nitrogen and oxygen atoms in total. The fraction of sp³-hybridized carbons (Fsp3) is 0.571. The van der Waals surface area contributed by atoms with Crippen molar-refractivity contribution in [2.24, 2.45) is 11.3 Å². The number of benzene rings is 1. The standard InChI is InChI=1S/C21H28O3/c1-21(2)12-6-7-15-17(21)8-5-9-18(22)20(15)16-13-14(23-3)10-11-19(16)24-4/h8,10-11,13,15,20H,5-7,9,12H2,1-4H3/t15-,20-/m0/s1. The van der Waals surface area contributed by atoms with Crippen LogP contribution in [0.4, 0.5) is 0 Å². The van der Waals surface area contributed by atoms with Gasteiger partial charge in [0.1, 0.15) is 17.3 Å². The van der Waals surface area contributed by atoms with Crippen molar-refractivity contribution in [3.8, 4) is 11.5 Å². The molecule has 0 heterocycles. The highest BCUT2D eigenvalue weighted by Gasteiger charge is 2.42. The first-order valence-electron chi connectivity index (χ1n) is 8.93. The average Bonchev–Trinajstić information content (AvgIpc) is 2.73. The largest absolute Gasteiger partial charge is 0.497 e. The predicted molar refractivity (Wildman–Crippen MR) is 95.7 cm³/mol. The van der Waals surface area contributed by atoms with Crippen LogP contribution in [-0.2, 0) is 4.79 Å². The number of ether oxygens (including phenoxy) is 2. The van der Waals surface area contributed by atoms with Crippen LogP contribution < -0.4 is 9.47 Å². The van der Waals surface area contributed by atoms with E-state index in [1.807, 2.05) is 18.2 Å². The zero-order valence-electron chi connectivity index (χ0n) is 15.2. The zero-order chi connectivity index (χ0) is 17.3. The van der Waals surface area contributed by atoms with Crippen LogP contribution in [0.5, 0.6) is 11.5 Å². The van der Waals surface area contributed by atoms with Crippen LogP contribution in [-0.4, -0.2) is 20.0 Å². The van der Waals surface area contributed by atoms with E-state index in [2.05, 4.69) is 19.9 Å². The predicted octanol–water partition coefficient (Wildman–Crippen LogP) is 4.90. The average molecular weight is 328 g/mol. The summed E-state index contributed by atoms with van der Waals surface area (Å²) in [4.78, 5) is 13.0. The molecule has 1 aromatic carbocycles. The van der Waals surface area contributed by atoms with E-state index in [-0.39, 0.29) is 17.3 Å². The number of rotatable bonds is 3. The van der Waals surface area contributed by atoms with E-state index in [4.69, 9.17) is 9.47 Å². The molecule has 1 aromatic rings. The number of allylic oxidation sites excluding steroid dienone is 2. The van der Waals surface area contributed by atoms with Gasteiger partial charge in [0.25, 0.3) is 0 Å². The van der Waals surface area contributed by atoms with E-state index in [0.717, 1.165) is 29.9 Å². The maximum atomic E-state index is 13.0. The van der Waals surface area contributed by atoms with Gasteiger partial charge >= 0.3 is 0 Å². The van der Waals surface area contributed by atoms with Crippen LogP contribution in [0, 0.1) is 11.3 Å². The zero-order valence-corrected chi connectivity index (χ0v) is 15.2. The topological polar surface area (TPSA) is 35.5 Å². The van der Waals surface area contributed by atoms with Gasteiger partial charge in [0, 0.05) is 12.0 Å². The number of hydrogen-bond donors (Lipinski definition) is 0. The number of Topliss-reactive ketones (excluding diaryl/α,β-unsaturated/α-hetero) is 1. The van der Waals surface area contributed by atoms with Gasteiger partial charge in [0.05, 0.1) is 20.1 Å². The normalized spacial score (nSPS) is 26.2. The van der Waals surface area contributed by atoms with Gasteiger partial charge in [-0.1, -0.05) is 31.9 Å². The fourth-order valence-electron chi connectivity index (χ4n) is 4.56. The van der Waals surface area contributed by atoms with Crippen molar-refractivity contribution in [3.63, 3.8) is 0 Å². The highest BCUT2D eigenvalue weighted by atomic mass is 16.5. The van der Waals surface area contributed by atoms with Gasteiger partial charge in [-0.05, 0) is 48.8 Å². The summed E-state index contributed by atoms with van der Waals surface area (Å²) in [5.41, 5.74) is 2.63. The molecule has 0 aromatic heterocycles.